The molecule has 1 aromatic rings. The first-order valence-corrected chi connectivity index (χ1v) is 6.86. The van der Waals surface area contributed by atoms with Crippen molar-refractivity contribution in [3.63, 3.8) is 0 Å². The fraction of sp³-hybridized carbons (Fsp3) is 0.385. The van der Waals surface area contributed by atoms with Crippen LogP contribution < -0.4 is 10.6 Å². The summed E-state index contributed by atoms with van der Waals surface area (Å²) in [5.74, 6) is 0.591. The minimum Gasteiger partial charge on any atom is -0.326 e. The standard InChI is InChI=1S/C13H16N2O2S/c1-9(16)4-5-15-11-6-10(7-14)2-3-12(11)18-8-13(15)17/h2-3,6H,4-5,7-8,14H2,1H3. The highest BCUT2D eigenvalue weighted by atomic mass is 32.2. The number of benzene rings is 1. The van der Waals surface area contributed by atoms with Crippen molar-refractivity contribution < 1.29 is 9.59 Å². The minimum absolute atomic E-state index is 0.0583. The number of carbonyl (C=O) groups excluding carboxylic acids is 2. The van der Waals surface area contributed by atoms with Crippen LogP contribution in [0.2, 0.25) is 0 Å². The van der Waals surface area contributed by atoms with Gasteiger partial charge in [0.25, 0.3) is 0 Å². The lowest BCUT2D eigenvalue weighted by Gasteiger charge is -2.29. The lowest BCUT2D eigenvalue weighted by Crippen LogP contribution is -2.36. The van der Waals surface area contributed by atoms with E-state index in [1.165, 1.54) is 11.8 Å². The molecule has 1 aliphatic rings. The van der Waals surface area contributed by atoms with Crippen LogP contribution in [0.1, 0.15) is 18.9 Å². The van der Waals surface area contributed by atoms with Gasteiger partial charge in [-0.05, 0) is 24.6 Å². The monoisotopic (exact) mass is 264 g/mol. The molecule has 1 amide bonds. The second-order valence-electron chi connectivity index (χ2n) is 4.29. The van der Waals surface area contributed by atoms with Gasteiger partial charge in [0.15, 0.2) is 0 Å². The summed E-state index contributed by atoms with van der Waals surface area (Å²) in [7, 11) is 0. The summed E-state index contributed by atoms with van der Waals surface area (Å²) in [6, 6.07) is 5.92. The topological polar surface area (TPSA) is 63.4 Å². The van der Waals surface area contributed by atoms with E-state index in [-0.39, 0.29) is 11.7 Å². The normalized spacial score (nSPS) is 14.6. The highest BCUT2D eigenvalue weighted by Gasteiger charge is 2.24. The molecule has 0 aliphatic carbocycles. The molecule has 0 aromatic heterocycles. The SMILES string of the molecule is CC(=O)CCN1C(=O)CSc2ccc(CN)cc21. The molecule has 0 atom stereocenters. The van der Waals surface area contributed by atoms with Gasteiger partial charge in [0.05, 0.1) is 11.4 Å². The van der Waals surface area contributed by atoms with Crippen molar-refractivity contribution in [1.82, 2.24) is 0 Å². The summed E-state index contributed by atoms with van der Waals surface area (Å²) < 4.78 is 0. The molecule has 18 heavy (non-hydrogen) atoms. The van der Waals surface area contributed by atoms with Crippen molar-refractivity contribution in [3.8, 4) is 0 Å². The summed E-state index contributed by atoms with van der Waals surface area (Å²) in [6.07, 6.45) is 0.392. The summed E-state index contributed by atoms with van der Waals surface area (Å²) in [4.78, 5) is 25.8. The van der Waals surface area contributed by atoms with Gasteiger partial charge in [0, 0.05) is 24.4 Å². The molecule has 4 nitrogen and oxygen atoms in total. The average Bonchev–Trinajstić information content (AvgIpc) is 2.36. The molecular formula is C13H16N2O2S. The van der Waals surface area contributed by atoms with Crippen molar-refractivity contribution in [2.75, 3.05) is 17.2 Å². The molecule has 2 rings (SSSR count). The third-order valence-corrected chi connectivity index (χ3v) is 3.94. The van der Waals surface area contributed by atoms with Gasteiger partial charge >= 0.3 is 0 Å². The number of nitrogens with zero attached hydrogens (tertiary/aromatic N) is 1. The molecule has 2 N–H and O–H groups in total. The van der Waals surface area contributed by atoms with Gasteiger partial charge in [-0.1, -0.05) is 6.07 Å². The van der Waals surface area contributed by atoms with E-state index in [1.54, 1.807) is 11.8 Å². The lowest BCUT2D eigenvalue weighted by molar-refractivity contribution is -0.117. The fourth-order valence-corrected chi connectivity index (χ4v) is 2.81. The molecule has 1 aromatic carbocycles. The van der Waals surface area contributed by atoms with Crippen LogP contribution in [0.5, 0.6) is 0 Å². The summed E-state index contributed by atoms with van der Waals surface area (Å²) in [5.41, 5.74) is 7.51. The number of nitrogens with two attached hydrogens (primary N) is 1. The van der Waals surface area contributed by atoms with Crippen LogP contribution in [0.3, 0.4) is 0 Å². The number of hydrogen-bond acceptors (Lipinski definition) is 4. The number of Topliss-reactive ketones (excluding diaryl/α,β-unsaturated/α-hetero) is 1. The van der Waals surface area contributed by atoms with Crippen molar-refractivity contribution in [2.45, 2.75) is 24.8 Å². The third-order valence-electron chi connectivity index (χ3n) is 2.89. The number of hydrogen-bond donors (Lipinski definition) is 1. The van der Waals surface area contributed by atoms with Crippen LogP contribution in [-0.4, -0.2) is 24.0 Å². The van der Waals surface area contributed by atoms with Gasteiger partial charge < -0.3 is 10.6 Å². The van der Waals surface area contributed by atoms with Crippen LogP contribution in [0.25, 0.3) is 0 Å². The maximum Gasteiger partial charge on any atom is 0.237 e. The molecular weight excluding hydrogens is 248 g/mol. The molecule has 0 unspecified atom stereocenters. The number of ketones is 1. The highest BCUT2D eigenvalue weighted by molar-refractivity contribution is 8.00. The molecule has 0 saturated carbocycles. The van der Waals surface area contributed by atoms with Gasteiger partial charge in [-0.3, -0.25) is 9.59 Å². The van der Waals surface area contributed by atoms with Crippen molar-refractivity contribution in [3.05, 3.63) is 23.8 Å². The van der Waals surface area contributed by atoms with Crippen LogP contribution in [-0.2, 0) is 16.1 Å². The molecule has 96 valence electrons. The Morgan fingerprint density at radius 1 is 1.50 bits per heavy atom. The first-order valence-electron chi connectivity index (χ1n) is 5.87. The Bertz CT molecular complexity index is 488. The van der Waals surface area contributed by atoms with Crippen molar-refractivity contribution in [1.29, 1.82) is 0 Å². The zero-order valence-electron chi connectivity index (χ0n) is 10.3. The zero-order valence-corrected chi connectivity index (χ0v) is 11.1. The number of rotatable bonds is 4. The Morgan fingerprint density at radius 2 is 2.28 bits per heavy atom. The minimum atomic E-state index is 0.0583. The highest BCUT2D eigenvalue weighted by Crippen LogP contribution is 2.35. The van der Waals surface area contributed by atoms with E-state index in [0.717, 1.165) is 16.1 Å². The smallest absolute Gasteiger partial charge is 0.237 e. The Kier molecular flexibility index (Phi) is 4.04. The molecule has 0 spiro atoms. The van der Waals surface area contributed by atoms with Crippen LogP contribution in [0.4, 0.5) is 5.69 Å². The third kappa shape index (κ3) is 2.73. The first-order chi connectivity index (χ1) is 8.61. The largest absolute Gasteiger partial charge is 0.326 e. The van der Waals surface area contributed by atoms with Gasteiger partial charge in [0.1, 0.15) is 5.78 Å². The Balaban J connectivity index is 2.29. The van der Waals surface area contributed by atoms with E-state index >= 15 is 0 Å². The number of thioether (sulfide) groups is 1. The van der Waals surface area contributed by atoms with Crippen LogP contribution in [0, 0.1) is 0 Å². The molecule has 0 saturated heterocycles. The lowest BCUT2D eigenvalue weighted by atomic mass is 10.1. The summed E-state index contributed by atoms with van der Waals surface area (Å²) in [5, 5.41) is 0. The predicted molar refractivity (Wildman–Crippen MR) is 72.7 cm³/mol. The molecule has 0 radical (unpaired) electrons. The van der Waals surface area contributed by atoms with Gasteiger partial charge in [-0.15, -0.1) is 11.8 Å². The van der Waals surface area contributed by atoms with Gasteiger partial charge in [0.2, 0.25) is 5.91 Å². The Morgan fingerprint density at radius 3 is 2.94 bits per heavy atom. The molecule has 5 heteroatoms. The number of anilines is 1. The summed E-state index contributed by atoms with van der Waals surface area (Å²) in [6.45, 7) is 2.45. The van der Waals surface area contributed by atoms with E-state index < -0.39 is 0 Å². The van der Waals surface area contributed by atoms with Gasteiger partial charge in [-0.25, -0.2) is 0 Å². The first kappa shape index (κ1) is 13.1. The fourth-order valence-electron chi connectivity index (χ4n) is 1.89. The van der Waals surface area contributed by atoms with E-state index in [0.29, 0.717) is 25.3 Å². The van der Waals surface area contributed by atoms with E-state index in [4.69, 9.17) is 5.73 Å². The zero-order chi connectivity index (χ0) is 13.1. The molecule has 0 fully saturated rings. The molecule has 1 heterocycles. The van der Waals surface area contributed by atoms with E-state index in [1.807, 2.05) is 18.2 Å². The maximum absolute atomic E-state index is 11.9. The quantitative estimate of drug-likeness (QED) is 0.896. The van der Waals surface area contributed by atoms with Crippen LogP contribution >= 0.6 is 11.8 Å². The Hall–Kier alpha value is -1.33. The second-order valence-corrected chi connectivity index (χ2v) is 5.31. The van der Waals surface area contributed by atoms with Crippen molar-refractivity contribution in [2.24, 2.45) is 5.73 Å². The number of fused-ring (bicyclic) bond motifs is 1. The van der Waals surface area contributed by atoms with Crippen LogP contribution in [0.15, 0.2) is 23.1 Å². The van der Waals surface area contributed by atoms with E-state index in [9.17, 15) is 9.59 Å². The predicted octanol–water partition coefficient (Wildman–Crippen LogP) is 1.56. The molecule has 1 aliphatic heterocycles. The van der Waals surface area contributed by atoms with Gasteiger partial charge in [-0.2, -0.15) is 0 Å². The number of carbonyl (C=O) groups is 2. The van der Waals surface area contributed by atoms with E-state index in [2.05, 4.69) is 0 Å². The average molecular weight is 264 g/mol. The maximum atomic E-state index is 11.9. The Labute approximate surface area is 111 Å². The number of amides is 1. The van der Waals surface area contributed by atoms with Crippen molar-refractivity contribution >= 4 is 29.1 Å². The molecule has 0 bridgehead atoms. The summed E-state index contributed by atoms with van der Waals surface area (Å²) >= 11 is 1.54. The second kappa shape index (κ2) is 5.54.